The summed E-state index contributed by atoms with van der Waals surface area (Å²) in [4.78, 5) is 14.6. The highest BCUT2D eigenvalue weighted by molar-refractivity contribution is 6.34. The molecule has 1 N–H and O–H groups in total. The number of benzene rings is 2. The topological polar surface area (TPSA) is 40.5 Å². The Balaban J connectivity index is 1.86. The van der Waals surface area contributed by atoms with E-state index in [4.69, 9.17) is 11.6 Å². The quantitative estimate of drug-likeness (QED) is 0.929. The Kier molecular flexibility index (Phi) is 4.69. The number of aliphatic hydroxyl groups is 1. The van der Waals surface area contributed by atoms with Crippen LogP contribution in [0.4, 0.5) is 0 Å². The van der Waals surface area contributed by atoms with Crippen LogP contribution in [-0.2, 0) is 0 Å². The molecule has 120 valence electrons. The Morgan fingerprint density at radius 1 is 1.22 bits per heavy atom. The Morgan fingerprint density at radius 2 is 1.96 bits per heavy atom. The van der Waals surface area contributed by atoms with Gasteiger partial charge in [-0.15, -0.1) is 0 Å². The molecule has 1 amide bonds. The molecule has 1 aliphatic rings. The smallest absolute Gasteiger partial charge is 0.255 e. The molecule has 2 aromatic rings. The zero-order chi connectivity index (χ0) is 16.4. The number of likely N-dealkylation sites (tertiary alicyclic amines) is 1. The van der Waals surface area contributed by atoms with E-state index in [1.54, 1.807) is 17.9 Å². The molecule has 1 saturated heterocycles. The molecule has 23 heavy (non-hydrogen) atoms. The maximum atomic E-state index is 12.8. The van der Waals surface area contributed by atoms with Gasteiger partial charge in [-0.2, -0.15) is 0 Å². The number of halogens is 1. The zero-order valence-electron chi connectivity index (χ0n) is 13.1. The minimum atomic E-state index is -0.390. The fourth-order valence-electron chi connectivity index (χ4n) is 3.04. The number of rotatable bonds is 3. The number of nitrogens with zero attached hydrogens (tertiary/aromatic N) is 1. The van der Waals surface area contributed by atoms with Crippen molar-refractivity contribution in [2.24, 2.45) is 5.92 Å². The maximum Gasteiger partial charge on any atom is 0.255 e. The summed E-state index contributed by atoms with van der Waals surface area (Å²) in [5, 5.41) is 10.2. The number of carbonyl (C=O) groups excluding carboxylic acids is 1. The Hall–Kier alpha value is -1.84. The van der Waals surface area contributed by atoms with Crippen molar-refractivity contribution in [1.29, 1.82) is 0 Å². The number of hydrogen-bond acceptors (Lipinski definition) is 2. The normalized spacial score (nSPS) is 18.9. The predicted molar refractivity (Wildman–Crippen MR) is 92.6 cm³/mol. The van der Waals surface area contributed by atoms with E-state index in [-0.39, 0.29) is 17.9 Å². The zero-order valence-corrected chi connectivity index (χ0v) is 13.8. The van der Waals surface area contributed by atoms with Crippen molar-refractivity contribution in [3.05, 3.63) is 59.1 Å². The summed E-state index contributed by atoms with van der Waals surface area (Å²) in [5.74, 6) is 0.0889. The highest BCUT2D eigenvalue weighted by Gasteiger charge is 2.30. The third-order valence-electron chi connectivity index (χ3n) is 4.50. The molecule has 3 nitrogen and oxygen atoms in total. The van der Waals surface area contributed by atoms with Crippen molar-refractivity contribution in [2.75, 3.05) is 13.1 Å². The van der Waals surface area contributed by atoms with Gasteiger partial charge in [0.1, 0.15) is 0 Å². The van der Waals surface area contributed by atoms with Gasteiger partial charge >= 0.3 is 0 Å². The van der Waals surface area contributed by atoms with Crippen LogP contribution in [0.5, 0.6) is 0 Å². The second kappa shape index (κ2) is 6.73. The van der Waals surface area contributed by atoms with E-state index in [0.29, 0.717) is 23.7 Å². The van der Waals surface area contributed by atoms with E-state index in [0.717, 1.165) is 17.5 Å². The predicted octanol–water partition coefficient (Wildman–Crippen LogP) is 3.85. The van der Waals surface area contributed by atoms with Crippen molar-refractivity contribution in [1.82, 2.24) is 4.90 Å². The largest absolute Gasteiger partial charge is 0.393 e. The van der Waals surface area contributed by atoms with Gasteiger partial charge in [0.15, 0.2) is 0 Å². The van der Waals surface area contributed by atoms with Gasteiger partial charge in [-0.3, -0.25) is 4.79 Å². The lowest BCUT2D eigenvalue weighted by Gasteiger charge is -2.19. The maximum absolute atomic E-state index is 12.8. The van der Waals surface area contributed by atoms with Gasteiger partial charge in [0.2, 0.25) is 0 Å². The second-order valence-electron chi connectivity index (χ2n) is 6.10. The van der Waals surface area contributed by atoms with Gasteiger partial charge in [-0.25, -0.2) is 0 Å². The second-order valence-corrected chi connectivity index (χ2v) is 6.51. The molecule has 1 aliphatic heterocycles. The molecule has 3 rings (SSSR count). The molecule has 2 unspecified atom stereocenters. The summed E-state index contributed by atoms with van der Waals surface area (Å²) < 4.78 is 0. The van der Waals surface area contributed by atoms with Gasteiger partial charge in [0.05, 0.1) is 16.7 Å². The van der Waals surface area contributed by atoms with Crippen LogP contribution in [0.1, 0.15) is 23.7 Å². The Labute approximate surface area is 141 Å². The van der Waals surface area contributed by atoms with Crippen molar-refractivity contribution in [2.45, 2.75) is 19.4 Å². The van der Waals surface area contributed by atoms with Crippen LogP contribution < -0.4 is 0 Å². The van der Waals surface area contributed by atoms with Crippen molar-refractivity contribution < 1.29 is 9.90 Å². The van der Waals surface area contributed by atoms with Crippen molar-refractivity contribution in [3.8, 4) is 11.1 Å². The van der Waals surface area contributed by atoms with E-state index >= 15 is 0 Å². The molecule has 2 atom stereocenters. The fourth-order valence-corrected chi connectivity index (χ4v) is 3.23. The van der Waals surface area contributed by atoms with Crippen LogP contribution in [0.2, 0.25) is 5.02 Å². The monoisotopic (exact) mass is 329 g/mol. The van der Waals surface area contributed by atoms with Crippen LogP contribution >= 0.6 is 11.6 Å². The highest BCUT2D eigenvalue weighted by Crippen LogP contribution is 2.28. The lowest BCUT2D eigenvalue weighted by Crippen LogP contribution is -2.30. The van der Waals surface area contributed by atoms with Gasteiger partial charge in [-0.1, -0.05) is 48.0 Å². The summed E-state index contributed by atoms with van der Waals surface area (Å²) in [6.45, 7) is 3.03. The minimum absolute atomic E-state index is 0.0593. The summed E-state index contributed by atoms with van der Waals surface area (Å²) in [6, 6.07) is 15.5. The van der Waals surface area contributed by atoms with E-state index in [2.05, 4.69) is 0 Å². The lowest BCUT2D eigenvalue weighted by atomic mass is 10.0. The molecule has 0 aliphatic carbocycles. The summed E-state index contributed by atoms with van der Waals surface area (Å²) in [7, 11) is 0. The van der Waals surface area contributed by atoms with Crippen LogP contribution in [0.3, 0.4) is 0 Å². The van der Waals surface area contributed by atoms with Crippen molar-refractivity contribution in [3.63, 3.8) is 0 Å². The molecule has 0 saturated carbocycles. The van der Waals surface area contributed by atoms with Gasteiger partial charge < -0.3 is 10.0 Å². The number of aliphatic hydroxyl groups excluding tert-OH is 1. The number of carbonyl (C=O) groups is 1. The van der Waals surface area contributed by atoms with Crippen molar-refractivity contribution >= 4 is 17.5 Å². The molecule has 0 aromatic heterocycles. The third kappa shape index (κ3) is 3.41. The van der Waals surface area contributed by atoms with Crippen LogP contribution in [-0.4, -0.2) is 35.1 Å². The van der Waals surface area contributed by atoms with Gasteiger partial charge in [-0.05, 0) is 36.6 Å². The van der Waals surface area contributed by atoms with E-state index in [1.165, 1.54) is 0 Å². The first-order chi connectivity index (χ1) is 11.1. The molecular weight excluding hydrogens is 310 g/mol. The van der Waals surface area contributed by atoms with Gasteiger partial charge in [0.25, 0.3) is 5.91 Å². The number of hydrogen-bond donors (Lipinski definition) is 1. The molecule has 1 fully saturated rings. The van der Waals surface area contributed by atoms with E-state index in [1.807, 2.05) is 42.5 Å². The Bertz CT molecular complexity index is 700. The van der Waals surface area contributed by atoms with Crippen LogP contribution in [0.25, 0.3) is 11.1 Å². The molecule has 0 bridgehead atoms. The summed E-state index contributed by atoms with van der Waals surface area (Å²) in [6.07, 6.45) is 0.443. The molecule has 1 heterocycles. The molecule has 0 radical (unpaired) electrons. The molecule has 4 heteroatoms. The minimum Gasteiger partial charge on any atom is -0.393 e. The Morgan fingerprint density at radius 3 is 2.61 bits per heavy atom. The summed E-state index contributed by atoms with van der Waals surface area (Å²) in [5.41, 5.74) is 2.56. The fraction of sp³-hybridized carbons (Fsp3) is 0.316. The lowest BCUT2D eigenvalue weighted by molar-refractivity contribution is 0.0762. The average molecular weight is 330 g/mol. The third-order valence-corrected chi connectivity index (χ3v) is 4.83. The highest BCUT2D eigenvalue weighted by atomic mass is 35.5. The van der Waals surface area contributed by atoms with Gasteiger partial charge in [0, 0.05) is 19.0 Å². The first-order valence-corrected chi connectivity index (χ1v) is 8.26. The van der Waals surface area contributed by atoms with Crippen LogP contribution in [0.15, 0.2) is 48.5 Å². The standard InChI is InChI=1S/C19H20ClNO2/c1-13(22)16-9-10-21(12-16)19(23)17-11-15(7-8-18(17)20)14-5-3-2-4-6-14/h2-8,11,13,16,22H,9-10,12H2,1H3. The molecular formula is C19H20ClNO2. The SMILES string of the molecule is CC(O)C1CCN(C(=O)c2cc(-c3ccccc3)ccc2Cl)C1. The molecule has 0 spiro atoms. The molecule has 2 aromatic carbocycles. The van der Waals surface area contributed by atoms with E-state index < -0.39 is 0 Å². The van der Waals surface area contributed by atoms with E-state index in [9.17, 15) is 9.90 Å². The van der Waals surface area contributed by atoms with Crippen LogP contribution in [0, 0.1) is 5.92 Å². The first kappa shape index (κ1) is 16.0. The summed E-state index contributed by atoms with van der Waals surface area (Å²) >= 11 is 6.26. The average Bonchev–Trinajstić information content (AvgIpc) is 3.06. The first-order valence-electron chi connectivity index (χ1n) is 7.88. The number of amides is 1.